The predicted molar refractivity (Wildman–Crippen MR) is 108 cm³/mol. The molecule has 1 amide bonds. The van der Waals surface area contributed by atoms with Crippen molar-refractivity contribution in [3.8, 4) is 5.75 Å². The minimum atomic E-state index is -0.167. The first-order chi connectivity index (χ1) is 13.3. The van der Waals surface area contributed by atoms with Crippen LogP contribution in [0, 0.1) is 0 Å². The summed E-state index contributed by atoms with van der Waals surface area (Å²) in [5, 5.41) is 0.831. The highest BCUT2D eigenvalue weighted by Gasteiger charge is 2.27. The molecule has 138 valence electrons. The van der Waals surface area contributed by atoms with Gasteiger partial charge in [-0.3, -0.25) is 9.78 Å². The van der Waals surface area contributed by atoms with Crippen LogP contribution in [0.15, 0.2) is 58.6 Å². The van der Waals surface area contributed by atoms with E-state index in [1.807, 2.05) is 48.5 Å². The molecule has 0 N–H and O–H groups in total. The average molecular weight is 379 g/mol. The summed E-state index contributed by atoms with van der Waals surface area (Å²) in [5.41, 5.74) is 1.74. The lowest BCUT2D eigenvalue weighted by Crippen LogP contribution is -2.33. The summed E-state index contributed by atoms with van der Waals surface area (Å²) in [6, 6.07) is 13.5. The zero-order chi connectivity index (χ0) is 18.5. The lowest BCUT2D eigenvalue weighted by molar-refractivity contribution is -0.113. The second kappa shape index (κ2) is 8.39. The first-order valence-corrected chi connectivity index (χ1v) is 10.0. The number of nitrogens with zero attached hydrogens (tertiary/aromatic N) is 3. The summed E-state index contributed by atoms with van der Waals surface area (Å²) in [6.45, 7) is 2.35. The van der Waals surface area contributed by atoms with E-state index in [-0.39, 0.29) is 5.91 Å². The maximum absolute atomic E-state index is 12.4. The molecule has 2 aliphatic heterocycles. The number of rotatable bonds is 4. The Bertz CT molecular complexity index is 874. The zero-order valence-electron chi connectivity index (χ0n) is 15.0. The lowest BCUT2D eigenvalue weighted by atomic mass is 10.1. The largest absolute Gasteiger partial charge is 0.487 e. The fraction of sp³-hybridized carbons (Fsp3) is 0.286. The number of amides is 1. The summed E-state index contributed by atoms with van der Waals surface area (Å²) in [7, 11) is 0. The summed E-state index contributed by atoms with van der Waals surface area (Å²) < 4.78 is 5.94. The monoisotopic (exact) mass is 379 g/mol. The molecule has 0 bridgehead atoms. The molecule has 0 unspecified atom stereocenters. The van der Waals surface area contributed by atoms with Crippen LogP contribution in [-0.4, -0.2) is 34.0 Å². The topological polar surface area (TPSA) is 54.8 Å². The van der Waals surface area contributed by atoms with Crippen LogP contribution in [0.2, 0.25) is 0 Å². The van der Waals surface area contributed by atoms with Crippen molar-refractivity contribution >= 4 is 28.9 Å². The predicted octanol–water partition coefficient (Wildman–Crippen LogP) is 4.12. The van der Waals surface area contributed by atoms with Crippen molar-refractivity contribution in [3.63, 3.8) is 0 Å². The summed E-state index contributed by atoms with van der Waals surface area (Å²) in [4.78, 5) is 23.8. The van der Waals surface area contributed by atoms with Gasteiger partial charge < -0.3 is 9.64 Å². The van der Waals surface area contributed by atoms with Gasteiger partial charge in [0.25, 0.3) is 5.91 Å². The molecule has 1 fully saturated rings. The molecule has 4 rings (SSSR count). The van der Waals surface area contributed by atoms with E-state index in [9.17, 15) is 4.79 Å². The van der Waals surface area contributed by atoms with E-state index >= 15 is 0 Å². The number of benzene rings is 1. The summed E-state index contributed by atoms with van der Waals surface area (Å²) in [6.07, 6.45) is 7.21. The highest BCUT2D eigenvalue weighted by atomic mass is 32.2. The van der Waals surface area contributed by atoms with Crippen molar-refractivity contribution in [2.75, 3.05) is 13.1 Å². The van der Waals surface area contributed by atoms with Crippen LogP contribution in [0.3, 0.4) is 0 Å². The number of ether oxygens (including phenoxy) is 1. The Kier molecular flexibility index (Phi) is 5.53. The van der Waals surface area contributed by atoms with E-state index < -0.39 is 0 Å². The molecule has 1 aromatic carbocycles. The van der Waals surface area contributed by atoms with E-state index in [0.29, 0.717) is 11.5 Å². The minimum absolute atomic E-state index is 0.167. The van der Waals surface area contributed by atoms with Gasteiger partial charge in [-0.25, -0.2) is 0 Å². The van der Waals surface area contributed by atoms with Gasteiger partial charge in [0.15, 0.2) is 5.17 Å². The van der Waals surface area contributed by atoms with E-state index in [2.05, 4.69) is 14.9 Å². The number of hydrogen-bond donors (Lipinski definition) is 0. The molecule has 5 nitrogen and oxygen atoms in total. The van der Waals surface area contributed by atoms with Gasteiger partial charge in [0.05, 0.1) is 10.6 Å². The van der Waals surface area contributed by atoms with E-state index in [0.717, 1.165) is 48.1 Å². The third-order valence-corrected chi connectivity index (χ3v) is 5.59. The zero-order valence-corrected chi connectivity index (χ0v) is 15.8. The highest BCUT2D eigenvalue weighted by molar-refractivity contribution is 8.18. The number of carbonyl (C=O) groups is 1. The van der Waals surface area contributed by atoms with Crippen LogP contribution in [0.25, 0.3) is 6.08 Å². The van der Waals surface area contributed by atoms with Crippen molar-refractivity contribution < 1.29 is 9.53 Å². The van der Waals surface area contributed by atoms with Gasteiger partial charge in [0.2, 0.25) is 0 Å². The van der Waals surface area contributed by atoms with Crippen LogP contribution in [0.1, 0.15) is 30.5 Å². The second-order valence-electron chi connectivity index (χ2n) is 6.51. The third kappa shape index (κ3) is 4.39. The lowest BCUT2D eigenvalue weighted by Gasteiger charge is -2.27. The first-order valence-electron chi connectivity index (χ1n) is 9.19. The number of pyridine rings is 1. The second-order valence-corrected chi connectivity index (χ2v) is 7.51. The smallest absolute Gasteiger partial charge is 0.286 e. The number of thioether (sulfide) groups is 1. The summed E-state index contributed by atoms with van der Waals surface area (Å²) in [5.74, 6) is 0.565. The Morgan fingerprint density at radius 3 is 2.70 bits per heavy atom. The third-order valence-electron chi connectivity index (χ3n) is 4.54. The van der Waals surface area contributed by atoms with Gasteiger partial charge in [-0.15, -0.1) is 0 Å². The maximum Gasteiger partial charge on any atom is 0.286 e. The van der Waals surface area contributed by atoms with Crippen molar-refractivity contribution in [2.24, 2.45) is 4.99 Å². The number of likely N-dealkylation sites (tertiary alicyclic amines) is 1. The molecular formula is C21H21N3O2S. The van der Waals surface area contributed by atoms with Gasteiger partial charge in [-0.05, 0) is 55.3 Å². The Balaban J connectivity index is 1.48. The number of hydrogen-bond acceptors (Lipinski definition) is 5. The SMILES string of the molecule is O=C1N=C(N2CCCCC2)S/C1=C\c1ccccc1OCc1ccccn1. The quantitative estimate of drug-likeness (QED) is 0.748. The van der Waals surface area contributed by atoms with Crippen molar-refractivity contribution in [3.05, 3.63) is 64.8 Å². The molecule has 2 aliphatic rings. The van der Waals surface area contributed by atoms with Crippen LogP contribution in [0.4, 0.5) is 0 Å². The van der Waals surface area contributed by atoms with Crippen LogP contribution < -0.4 is 4.74 Å². The van der Waals surface area contributed by atoms with Crippen LogP contribution in [-0.2, 0) is 11.4 Å². The Hall–Kier alpha value is -2.60. The Morgan fingerprint density at radius 1 is 1.07 bits per heavy atom. The molecule has 1 aromatic heterocycles. The van der Waals surface area contributed by atoms with Crippen LogP contribution in [0.5, 0.6) is 5.75 Å². The van der Waals surface area contributed by atoms with E-state index in [1.54, 1.807) is 6.20 Å². The number of para-hydroxylation sites is 1. The summed E-state index contributed by atoms with van der Waals surface area (Å²) >= 11 is 1.46. The fourth-order valence-corrected chi connectivity index (χ4v) is 4.08. The number of piperidine rings is 1. The number of aromatic nitrogens is 1. The van der Waals surface area contributed by atoms with E-state index in [1.165, 1.54) is 18.2 Å². The number of amidine groups is 1. The molecule has 1 saturated heterocycles. The molecular weight excluding hydrogens is 358 g/mol. The number of carbonyl (C=O) groups excluding carboxylic acids is 1. The molecule has 6 heteroatoms. The van der Waals surface area contributed by atoms with Gasteiger partial charge in [-0.2, -0.15) is 4.99 Å². The maximum atomic E-state index is 12.4. The fourth-order valence-electron chi connectivity index (χ4n) is 3.13. The molecule has 0 radical (unpaired) electrons. The van der Waals surface area contributed by atoms with Crippen molar-refractivity contribution in [1.82, 2.24) is 9.88 Å². The van der Waals surface area contributed by atoms with Crippen LogP contribution >= 0.6 is 11.8 Å². The molecule has 0 atom stereocenters. The van der Waals surface area contributed by atoms with E-state index in [4.69, 9.17) is 4.74 Å². The molecule has 3 heterocycles. The highest BCUT2D eigenvalue weighted by Crippen LogP contribution is 2.33. The Labute approximate surface area is 163 Å². The Morgan fingerprint density at radius 2 is 1.89 bits per heavy atom. The molecule has 0 spiro atoms. The first kappa shape index (κ1) is 17.8. The van der Waals surface area contributed by atoms with Gasteiger partial charge in [-0.1, -0.05) is 24.3 Å². The number of aliphatic imine (C=N–C) groups is 1. The molecule has 0 aliphatic carbocycles. The van der Waals surface area contributed by atoms with Crippen molar-refractivity contribution in [1.29, 1.82) is 0 Å². The minimum Gasteiger partial charge on any atom is -0.487 e. The van der Waals surface area contributed by atoms with Gasteiger partial charge in [0.1, 0.15) is 12.4 Å². The average Bonchev–Trinajstić information content (AvgIpc) is 3.09. The molecule has 27 heavy (non-hydrogen) atoms. The van der Waals surface area contributed by atoms with Gasteiger partial charge in [0, 0.05) is 24.8 Å². The standard InChI is InChI=1S/C21H21N3O2S/c25-20-19(27-21(23-20)24-12-6-1-7-13-24)14-16-8-2-3-10-18(16)26-15-17-9-4-5-11-22-17/h2-5,8-11,14H,1,6-7,12-13,15H2/b19-14-. The molecule has 0 saturated carbocycles. The van der Waals surface area contributed by atoms with Gasteiger partial charge >= 0.3 is 0 Å². The molecule has 2 aromatic rings. The normalized spacial score (nSPS) is 18.7. The van der Waals surface area contributed by atoms with Crippen molar-refractivity contribution in [2.45, 2.75) is 25.9 Å².